The molecule has 29 heavy (non-hydrogen) atoms. The van der Waals surface area contributed by atoms with Crippen molar-refractivity contribution >= 4 is 42.6 Å². The van der Waals surface area contributed by atoms with E-state index in [-0.39, 0.29) is 23.2 Å². The smallest absolute Gasteiger partial charge is 0.346 e. The molecule has 1 saturated heterocycles. The zero-order chi connectivity index (χ0) is 21.0. The molecule has 0 saturated carbocycles. The van der Waals surface area contributed by atoms with E-state index in [1.165, 1.54) is 12.4 Å². The van der Waals surface area contributed by atoms with Gasteiger partial charge in [-0.15, -0.1) is 0 Å². The lowest BCUT2D eigenvalue weighted by Gasteiger charge is -2.36. The number of nitrogen functional groups attached to an aromatic ring is 1. The monoisotopic (exact) mass is 399 g/mol. The third-order valence-electron chi connectivity index (χ3n) is 4.50. The number of rotatable bonds is 5. The van der Waals surface area contributed by atoms with Crippen LogP contribution in [0.25, 0.3) is 0 Å². The second-order valence-electron chi connectivity index (χ2n) is 6.55. The number of nitrogens with zero attached hydrogens (tertiary/aromatic N) is 5. The van der Waals surface area contributed by atoms with E-state index in [0.717, 1.165) is 0 Å². The summed E-state index contributed by atoms with van der Waals surface area (Å²) in [5.74, 6) is -0.426. The number of hydrogen-bond acceptors (Lipinski definition) is 9. The predicted molar refractivity (Wildman–Crippen MR) is 110 cm³/mol. The number of nitrogens with one attached hydrogen (secondary N) is 2. The Kier molecular flexibility index (Phi) is 6.07. The number of hydrogen-bond donors (Lipinski definition) is 4. The Morgan fingerprint density at radius 1 is 1.21 bits per heavy atom. The number of anilines is 3. The van der Waals surface area contributed by atoms with Crippen molar-refractivity contribution in [1.82, 2.24) is 24.8 Å². The van der Waals surface area contributed by atoms with Crippen LogP contribution in [0, 0.1) is 0 Å². The largest absolute Gasteiger partial charge is 0.382 e. The minimum absolute atomic E-state index is 0.00812. The Bertz CT molecular complexity index is 972. The highest BCUT2D eigenvalue weighted by molar-refractivity contribution is 6.30. The summed E-state index contributed by atoms with van der Waals surface area (Å²) in [6.45, 7) is 2.34. The molecular weight excluding hydrogens is 377 g/mol. The number of aromatic nitrogens is 4. The fraction of sp³-hybridized carbons (Fsp3) is 0.375. The maximum Gasteiger partial charge on any atom is 0.346 e. The fourth-order valence-electron chi connectivity index (χ4n) is 3.03. The van der Waals surface area contributed by atoms with Crippen molar-refractivity contribution in [3.8, 4) is 0 Å². The molecule has 0 radical (unpaired) electrons. The molecule has 0 atom stereocenters. The van der Waals surface area contributed by atoms with E-state index in [2.05, 4.69) is 25.3 Å². The number of nitrogens with two attached hydrogens (primary N) is 2. The lowest BCUT2D eigenvalue weighted by atomic mass is 10.1. The summed E-state index contributed by atoms with van der Waals surface area (Å²) >= 11 is 0. The molecule has 6 N–H and O–H groups in total. The van der Waals surface area contributed by atoms with Gasteiger partial charge in [-0.25, -0.2) is 9.78 Å². The topological polar surface area (TPSA) is 176 Å². The Hall–Kier alpha value is -3.48. The molecule has 13 heteroatoms. The highest BCUT2D eigenvalue weighted by Gasteiger charge is 2.24. The second kappa shape index (κ2) is 8.69. The van der Waals surface area contributed by atoms with E-state index < -0.39 is 11.6 Å². The van der Waals surface area contributed by atoms with Crippen LogP contribution >= 0.6 is 0 Å². The molecule has 3 rings (SSSR count). The van der Waals surface area contributed by atoms with Crippen molar-refractivity contribution in [1.29, 1.82) is 0 Å². The highest BCUT2D eigenvalue weighted by atomic mass is 16.2. The fourth-order valence-corrected chi connectivity index (χ4v) is 3.03. The van der Waals surface area contributed by atoms with Gasteiger partial charge in [0.15, 0.2) is 19.4 Å². The molecule has 0 spiro atoms. The molecule has 12 nitrogen and oxygen atoms in total. The molecule has 2 amide bonds. The first-order chi connectivity index (χ1) is 13.9. The molecule has 1 fully saturated rings. The molecule has 2 aromatic rings. The van der Waals surface area contributed by atoms with Gasteiger partial charge in [0.25, 0.3) is 5.91 Å². The Morgan fingerprint density at radius 2 is 1.93 bits per heavy atom. The van der Waals surface area contributed by atoms with E-state index in [1.54, 1.807) is 12.7 Å². The highest BCUT2D eigenvalue weighted by Crippen LogP contribution is 2.23. The zero-order valence-electron chi connectivity index (χ0n) is 16.0. The molecule has 1 aliphatic rings. The van der Waals surface area contributed by atoms with E-state index in [1.807, 2.05) is 4.90 Å². The van der Waals surface area contributed by atoms with Crippen LogP contribution < -0.4 is 33.0 Å². The molecule has 152 valence electrons. The Balaban J connectivity index is 1.78. The van der Waals surface area contributed by atoms with Gasteiger partial charge in [0.2, 0.25) is 5.91 Å². The molecule has 0 aromatic carbocycles. The molecular formula is C16H22BN9O3. The summed E-state index contributed by atoms with van der Waals surface area (Å²) in [6, 6.07) is 0. The maximum absolute atomic E-state index is 12.6. The molecule has 0 bridgehead atoms. The van der Waals surface area contributed by atoms with Crippen molar-refractivity contribution in [2.45, 2.75) is 6.42 Å². The summed E-state index contributed by atoms with van der Waals surface area (Å²) in [6.07, 6.45) is 3.15. The van der Waals surface area contributed by atoms with Crippen LogP contribution in [0.3, 0.4) is 0 Å². The third kappa shape index (κ3) is 4.69. The first-order valence-electron chi connectivity index (χ1n) is 9.11. The summed E-state index contributed by atoms with van der Waals surface area (Å²) < 4.78 is 0. The summed E-state index contributed by atoms with van der Waals surface area (Å²) in [4.78, 5) is 54.3. The first-order valence-corrected chi connectivity index (χ1v) is 9.11. The standard InChI is InChI=1S/C16H22BN9O3/c17-10-8-20-13(19)12(22-10)15(28)23-14-9(7-21-16(29)24-14)25-3-5-26(6-4-25)11(27)1-2-18/h7-8H,1-6,17-18H2,(H2,19,20)(H2,21,23,24,28,29). The van der Waals surface area contributed by atoms with Crippen molar-refractivity contribution in [3.63, 3.8) is 0 Å². The van der Waals surface area contributed by atoms with Crippen LogP contribution in [-0.2, 0) is 4.79 Å². The minimum atomic E-state index is -0.607. The molecule has 0 unspecified atom stereocenters. The third-order valence-corrected chi connectivity index (χ3v) is 4.50. The second-order valence-corrected chi connectivity index (χ2v) is 6.55. The van der Waals surface area contributed by atoms with Crippen LogP contribution in [0.1, 0.15) is 16.9 Å². The zero-order valence-corrected chi connectivity index (χ0v) is 16.0. The van der Waals surface area contributed by atoms with Crippen LogP contribution in [-0.4, -0.2) is 77.2 Å². The minimum Gasteiger partial charge on any atom is -0.382 e. The number of carbonyl (C=O) groups is 2. The van der Waals surface area contributed by atoms with E-state index >= 15 is 0 Å². The van der Waals surface area contributed by atoms with E-state index in [9.17, 15) is 14.4 Å². The Labute approximate surface area is 167 Å². The SMILES string of the molecule is Bc1cnc(N)c(C(=O)Nc2[nH]c(=O)ncc2N2CCN(C(=O)CCN)CC2)n1. The lowest BCUT2D eigenvalue weighted by Crippen LogP contribution is -2.49. The molecule has 1 aliphatic heterocycles. The van der Waals surface area contributed by atoms with Gasteiger partial charge in [-0.1, -0.05) is 0 Å². The number of H-pyrrole nitrogens is 1. The van der Waals surface area contributed by atoms with Crippen molar-refractivity contribution in [2.75, 3.05) is 48.7 Å². The van der Waals surface area contributed by atoms with Gasteiger partial charge in [-0.2, -0.15) is 4.98 Å². The van der Waals surface area contributed by atoms with Crippen molar-refractivity contribution < 1.29 is 9.59 Å². The summed E-state index contributed by atoms with van der Waals surface area (Å²) in [7, 11) is 1.69. The summed E-state index contributed by atoms with van der Waals surface area (Å²) in [5, 5.41) is 2.63. The van der Waals surface area contributed by atoms with Crippen molar-refractivity contribution in [2.24, 2.45) is 5.73 Å². The molecule has 3 heterocycles. The van der Waals surface area contributed by atoms with E-state index in [4.69, 9.17) is 11.5 Å². The maximum atomic E-state index is 12.6. The normalized spacial score (nSPS) is 14.0. The van der Waals surface area contributed by atoms with Crippen LogP contribution in [0.4, 0.5) is 17.3 Å². The van der Waals surface area contributed by atoms with Gasteiger partial charge in [0.05, 0.1) is 11.9 Å². The number of piperazine rings is 1. The Morgan fingerprint density at radius 3 is 2.62 bits per heavy atom. The van der Waals surface area contributed by atoms with Gasteiger partial charge in [-0.05, 0) is 0 Å². The van der Waals surface area contributed by atoms with Crippen LogP contribution in [0.5, 0.6) is 0 Å². The quantitative estimate of drug-likeness (QED) is 0.374. The van der Waals surface area contributed by atoms with Crippen LogP contribution in [0.15, 0.2) is 17.2 Å². The molecule has 2 aromatic heterocycles. The average molecular weight is 399 g/mol. The predicted octanol–water partition coefficient (Wildman–Crippen LogP) is -3.35. The van der Waals surface area contributed by atoms with Crippen LogP contribution in [0.2, 0.25) is 0 Å². The van der Waals surface area contributed by atoms with Gasteiger partial charge >= 0.3 is 5.69 Å². The number of aromatic amines is 1. The number of amides is 2. The first kappa shape index (κ1) is 20.3. The number of carbonyl (C=O) groups excluding carboxylic acids is 2. The van der Waals surface area contributed by atoms with Gasteiger partial charge in [-0.3, -0.25) is 19.6 Å². The van der Waals surface area contributed by atoms with Gasteiger partial charge < -0.3 is 26.6 Å². The van der Waals surface area contributed by atoms with Crippen molar-refractivity contribution in [3.05, 3.63) is 28.6 Å². The van der Waals surface area contributed by atoms with E-state index in [0.29, 0.717) is 50.4 Å². The van der Waals surface area contributed by atoms with Gasteiger partial charge in [0, 0.05) is 50.9 Å². The van der Waals surface area contributed by atoms with Gasteiger partial charge in [0.1, 0.15) is 5.82 Å². The average Bonchev–Trinajstić information content (AvgIpc) is 2.70. The molecule has 0 aliphatic carbocycles. The summed E-state index contributed by atoms with van der Waals surface area (Å²) in [5.41, 5.74) is 11.6. The lowest BCUT2D eigenvalue weighted by molar-refractivity contribution is -0.131.